The molecule has 0 aromatic rings. The maximum Gasteiger partial charge on any atom is 0.533 e. The quantitative estimate of drug-likeness (QED) is 0.505. The van der Waals surface area contributed by atoms with Crippen molar-refractivity contribution < 1.29 is 43.7 Å². The molecule has 0 saturated heterocycles. The summed E-state index contributed by atoms with van der Waals surface area (Å²) in [7, 11) is -7.81. The van der Waals surface area contributed by atoms with E-state index >= 15 is 0 Å². The van der Waals surface area contributed by atoms with E-state index < -0.39 is 53.6 Å². The molecule has 0 aromatic heterocycles. The van der Waals surface area contributed by atoms with Gasteiger partial charge in [-0.3, -0.25) is 0 Å². The normalized spacial score (nSPS) is 19.2. The lowest BCUT2D eigenvalue weighted by molar-refractivity contribution is -0.271. The number of rotatable bonds is 5. The van der Waals surface area contributed by atoms with Crippen LogP contribution in [0.4, 0.5) is 39.5 Å². The van der Waals surface area contributed by atoms with Crippen LogP contribution in [0.3, 0.4) is 0 Å². The number of hydrogen-bond acceptors (Lipinski definition) is 3. The number of alkyl halides is 9. The van der Waals surface area contributed by atoms with Gasteiger partial charge in [0.05, 0.1) is 8.37 Å². The predicted octanol–water partition coefficient (Wildman–Crippen LogP) is 5.21. The molecule has 0 fully saturated rings. The molecule has 17 heavy (non-hydrogen) atoms. The van der Waals surface area contributed by atoms with Crippen molar-refractivity contribution in [2.75, 3.05) is 6.01 Å². The zero-order valence-electron chi connectivity index (χ0n) is 7.32. The maximum absolute atomic E-state index is 12.3. The molecule has 13 heteroatoms. The molecule has 1 unspecified atom stereocenters. The molecule has 0 radical (unpaired) electrons. The minimum atomic E-state index is -5.80. The molecule has 0 saturated carbocycles. The van der Waals surface area contributed by atoms with Gasteiger partial charge in [0.15, 0.2) is 0 Å². The van der Waals surface area contributed by atoms with E-state index in [1.165, 1.54) is 0 Å². The fourth-order valence-corrected chi connectivity index (χ4v) is 5.46. The first-order valence-electron chi connectivity index (χ1n) is 3.27. The Labute approximate surface area is 97.8 Å². The van der Waals surface area contributed by atoms with Gasteiger partial charge in [-0.25, -0.2) is 8.57 Å². The average molecular weight is 334 g/mol. The van der Waals surface area contributed by atoms with Crippen LogP contribution in [0.25, 0.3) is 0 Å². The Balaban J connectivity index is 5.25. The Bertz CT molecular complexity index is 239. The highest BCUT2D eigenvalue weighted by Crippen LogP contribution is 2.81. The summed E-state index contributed by atoms with van der Waals surface area (Å²) in [5.41, 5.74) is -5.75. The van der Waals surface area contributed by atoms with E-state index in [-0.39, 0.29) is 0 Å². The highest BCUT2D eigenvalue weighted by atomic mass is 33.6. The lowest BCUT2D eigenvalue weighted by Gasteiger charge is -2.36. The van der Waals surface area contributed by atoms with Gasteiger partial charge < -0.3 is 0 Å². The van der Waals surface area contributed by atoms with E-state index in [0.29, 0.717) is 0 Å². The first kappa shape index (κ1) is 17.4. The van der Waals surface area contributed by atoms with Crippen LogP contribution in [-0.4, -0.2) is 23.6 Å². The Hall–Kier alpha value is 0.380. The van der Waals surface area contributed by atoms with Crippen LogP contribution in [0.15, 0.2) is 0 Å². The van der Waals surface area contributed by atoms with Crippen LogP contribution >= 0.6 is 30.0 Å². The molecular weight excluding hydrogens is 331 g/mol. The van der Waals surface area contributed by atoms with Gasteiger partial charge in [-0.2, -0.15) is 22.0 Å². The van der Waals surface area contributed by atoms with Crippen molar-refractivity contribution in [3.8, 4) is 0 Å². The molecule has 0 aromatic carbocycles. The van der Waals surface area contributed by atoms with E-state index in [1.54, 1.807) is 0 Å². The standard InChI is InChI=1S/C4H3F9OS3/c5-1-15-17(4(11,12)13,16-2(6)7)14-3(8,9)10/h2H,1H2. The molecule has 0 amide bonds. The van der Waals surface area contributed by atoms with Gasteiger partial charge in [0.25, 0.3) is 5.76 Å². The Morgan fingerprint density at radius 1 is 1.06 bits per heavy atom. The molecule has 0 N–H and O–H groups in total. The SMILES string of the molecule is FCSS(OC(F)(F)F)(SC(F)F)C(F)(F)F. The predicted molar refractivity (Wildman–Crippen MR) is 47.9 cm³/mol. The first-order valence-corrected chi connectivity index (χ1v) is 7.73. The van der Waals surface area contributed by atoms with Crippen molar-refractivity contribution in [1.29, 1.82) is 0 Å². The topological polar surface area (TPSA) is 9.23 Å². The highest BCUT2D eigenvalue weighted by molar-refractivity contribution is 9.23. The summed E-state index contributed by atoms with van der Waals surface area (Å²) in [4.78, 5) is 0. The van der Waals surface area contributed by atoms with Crippen LogP contribution in [0.2, 0.25) is 0 Å². The van der Waals surface area contributed by atoms with Crippen LogP contribution in [0, 0.1) is 0 Å². The second-order valence-electron chi connectivity index (χ2n) is 2.01. The Morgan fingerprint density at radius 3 is 1.76 bits per heavy atom. The van der Waals surface area contributed by atoms with Gasteiger partial charge in [0, 0.05) is 10.8 Å². The second kappa shape index (κ2) is 6.02. The minimum absolute atomic E-state index is 0.982. The summed E-state index contributed by atoms with van der Waals surface area (Å²) in [5.74, 6) is -3.78. The monoisotopic (exact) mass is 334 g/mol. The third kappa shape index (κ3) is 5.70. The molecule has 0 rings (SSSR count). The summed E-state index contributed by atoms with van der Waals surface area (Å²) in [5, 5.41) is 0. The van der Waals surface area contributed by atoms with Crippen LogP contribution in [0.5, 0.6) is 0 Å². The fourth-order valence-electron chi connectivity index (χ4n) is 0.519. The average Bonchev–Trinajstić information content (AvgIpc) is 1.96. The van der Waals surface area contributed by atoms with E-state index in [1.807, 2.05) is 0 Å². The van der Waals surface area contributed by atoms with E-state index in [4.69, 9.17) is 0 Å². The molecule has 106 valence electrons. The minimum Gasteiger partial charge on any atom is -0.238 e. The molecule has 1 atom stereocenters. The molecule has 0 aliphatic heterocycles. The zero-order chi connectivity index (χ0) is 13.9. The molecule has 0 spiro atoms. The third-order valence-corrected chi connectivity index (χ3v) is 8.17. The van der Waals surface area contributed by atoms with Gasteiger partial charge in [0.2, 0.25) is 0 Å². The van der Waals surface area contributed by atoms with Crippen molar-refractivity contribution in [2.24, 2.45) is 0 Å². The first-order chi connectivity index (χ1) is 7.43. The van der Waals surface area contributed by atoms with Crippen LogP contribution < -0.4 is 0 Å². The maximum atomic E-state index is 12.3. The van der Waals surface area contributed by atoms with E-state index in [0.717, 1.165) is 0 Å². The zero-order valence-corrected chi connectivity index (χ0v) is 9.77. The van der Waals surface area contributed by atoms with Gasteiger partial charge in [-0.15, -0.1) is 13.2 Å². The Kier molecular flexibility index (Phi) is 6.15. The largest absolute Gasteiger partial charge is 0.533 e. The van der Waals surface area contributed by atoms with Crippen molar-refractivity contribution in [1.82, 2.24) is 0 Å². The third-order valence-electron chi connectivity index (χ3n) is 0.887. The van der Waals surface area contributed by atoms with Crippen molar-refractivity contribution in [3.05, 3.63) is 0 Å². The van der Waals surface area contributed by atoms with Gasteiger partial charge in [-0.05, 0) is 10.8 Å². The van der Waals surface area contributed by atoms with Gasteiger partial charge >= 0.3 is 11.9 Å². The summed E-state index contributed by atoms with van der Waals surface area (Å²) in [6, 6.07) is -1.94. The number of hydrogen-bond donors (Lipinski definition) is 0. The van der Waals surface area contributed by atoms with Gasteiger partial charge in [0.1, 0.15) is 6.01 Å². The summed E-state index contributed by atoms with van der Waals surface area (Å²) >= 11 is 0. The van der Waals surface area contributed by atoms with E-state index in [9.17, 15) is 39.5 Å². The van der Waals surface area contributed by atoms with Crippen LogP contribution in [0.1, 0.15) is 0 Å². The molecule has 0 bridgehead atoms. The molecule has 0 aliphatic carbocycles. The van der Waals surface area contributed by atoms with Crippen molar-refractivity contribution in [3.63, 3.8) is 0 Å². The summed E-state index contributed by atoms with van der Waals surface area (Å²) < 4.78 is 110. The van der Waals surface area contributed by atoms with Gasteiger partial charge in [-0.1, -0.05) is 0 Å². The Morgan fingerprint density at radius 2 is 1.53 bits per heavy atom. The summed E-state index contributed by atoms with van der Waals surface area (Å²) in [6.07, 6.45) is -5.80. The highest BCUT2D eigenvalue weighted by Gasteiger charge is 2.60. The van der Waals surface area contributed by atoms with Crippen LogP contribution in [-0.2, 0) is 4.18 Å². The van der Waals surface area contributed by atoms with E-state index in [2.05, 4.69) is 4.18 Å². The molecule has 0 heterocycles. The lowest BCUT2D eigenvalue weighted by Crippen LogP contribution is -2.25. The molecular formula is C4H3F9OS3. The fraction of sp³-hybridized carbons (Fsp3) is 1.00. The molecule has 0 aliphatic rings. The van der Waals surface area contributed by atoms with Crippen molar-refractivity contribution in [2.45, 2.75) is 17.6 Å². The summed E-state index contributed by atoms with van der Waals surface area (Å²) in [6.45, 7) is 0. The van der Waals surface area contributed by atoms with Crippen molar-refractivity contribution >= 4 is 30.0 Å². The smallest absolute Gasteiger partial charge is 0.238 e. The second-order valence-corrected chi connectivity index (χ2v) is 9.29. The lowest BCUT2D eigenvalue weighted by atomic mass is 11.4. The number of halogens is 9. The molecule has 1 nitrogen and oxygen atoms in total.